The predicted octanol–water partition coefficient (Wildman–Crippen LogP) is -0.229. The van der Waals surface area contributed by atoms with Crippen molar-refractivity contribution in [2.75, 3.05) is 19.6 Å². The second-order valence-electron chi connectivity index (χ2n) is 5.68. The molecule has 7 heteroatoms. The molecule has 1 aliphatic rings. The Morgan fingerprint density at radius 1 is 1.18 bits per heavy atom. The van der Waals surface area contributed by atoms with Gasteiger partial charge in [0.25, 0.3) is 5.91 Å². The van der Waals surface area contributed by atoms with E-state index in [1.807, 2.05) is 4.90 Å². The highest BCUT2D eigenvalue weighted by Crippen LogP contribution is 2.17. The van der Waals surface area contributed by atoms with Gasteiger partial charge in [0, 0.05) is 19.4 Å². The largest absolute Gasteiger partial charge is 0.368 e. The lowest BCUT2D eigenvalue weighted by molar-refractivity contribution is -0.138. The van der Waals surface area contributed by atoms with E-state index >= 15 is 0 Å². The maximum Gasteiger partial charge on any atom is 0.287 e. The minimum atomic E-state index is -0.601. The van der Waals surface area contributed by atoms with Crippen LogP contribution in [-0.4, -0.2) is 54.0 Å². The van der Waals surface area contributed by atoms with Gasteiger partial charge in [-0.25, -0.2) is 0 Å². The molecule has 3 N–H and O–H groups in total. The zero-order valence-electron chi connectivity index (χ0n) is 13.1. The van der Waals surface area contributed by atoms with Gasteiger partial charge in [0.2, 0.25) is 11.7 Å². The minimum absolute atomic E-state index is 0.0650. The van der Waals surface area contributed by atoms with Gasteiger partial charge in [0.15, 0.2) is 0 Å². The summed E-state index contributed by atoms with van der Waals surface area (Å²) < 4.78 is 0. The molecule has 0 saturated carbocycles. The lowest BCUT2D eigenvalue weighted by atomic mass is 10.1. The van der Waals surface area contributed by atoms with Crippen LogP contribution >= 0.6 is 0 Å². The smallest absolute Gasteiger partial charge is 0.287 e. The van der Waals surface area contributed by atoms with Crippen molar-refractivity contribution >= 4 is 23.4 Å². The molecule has 0 aromatic heterocycles. The van der Waals surface area contributed by atoms with Gasteiger partial charge in [-0.3, -0.25) is 19.3 Å². The molecule has 1 saturated heterocycles. The third-order valence-corrected chi connectivity index (χ3v) is 3.79. The molecule has 1 rings (SSSR count). The Hall–Kier alpha value is -1.76. The first-order chi connectivity index (χ1) is 10.4. The molecule has 1 heterocycles. The molecule has 124 valence electrons. The Balaban J connectivity index is 2.18. The van der Waals surface area contributed by atoms with E-state index in [1.54, 1.807) is 0 Å². The van der Waals surface area contributed by atoms with Gasteiger partial charge in [-0.15, -0.1) is 0 Å². The van der Waals surface area contributed by atoms with E-state index in [9.17, 15) is 19.2 Å². The molecule has 0 unspecified atom stereocenters. The summed E-state index contributed by atoms with van der Waals surface area (Å²) in [6.07, 6.45) is 3.32. The fraction of sp³-hybridized carbons (Fsp3) is 0.733. The van der Waals surface area contributed by atoms with Crippen molar-refractivity contribution in [2.45, 2.75) is 51.5 Å². The molecule has 22 heavy (non-hydrogen) atoms. The molecule has 0 aromatic carbocycles. The van der Waals surface area contributed by atoms with Gasteiger partial charge >= 0.3 is 0 Å². The van der Waals surface area contributed by atoms with Crippen molar-refractivity contribution in [3.8, 4) is 0 Å². The van der Waals surface area contributed by atoms with Crippen molar-refractivity contribution in [1.82, 2.24) is 10.2 Å². The van der Waals surface area contributed by atoms with E-state index in [-0.39, 0.29) is 24.2 Å². The molecule has 7 nitrogen and oxygen atoms in total. The minimum Gasteiger partial charge on any atom is -0.368 e. The lowest BCUT2D eigenvalue weighted by Gasteiger charge is -2.21. The van der Waals surface area contributed by atoms with Crippen LogP contribution in [0.1, 0.15) is 45.4 Å². The fourth-order valence-corrected chi connectivity index (χ4v) is 2.61. The number of Topliss-reactive ketones (excluding diaryl/α,β-unsaturated/α-hetero) is 2. The highest BCUT2D eigenvalue weighted by atomic mass is 16.2. The number of rotatable bonds is 10. The fourth-order valence-electron chi connectivity index (χ4n) is 2.61. The number of nitrogens with two attached hydrogens (primary N) is 1. The van der Waals surface area contributed by atoms with E-state index in [4.69, 9.17) is 5.73 Å². The summed E-state index contributed by atoms with van der Waals surface area (Å²) in [6, 6.07) is -0.240. The molecular formula is C15H25N3O4. The number of primary amides is 1. The second-order valence-corrected chi connectivity index (χ2v) is 5.68. The quantitative estimate of drug-likeness (QED) is 0.428. The van der Waals surface area contributed by atoms with Gasteiger partial charge in [0.1, 0.15) is 5.78 Å². The molecule has 1 atom stereocenters. The average molecular weight is 311 g/mol. The number of ketones is 2. The molecular weight excluding hydrogens is 286 g/mol. The van der Waals surface area contributed by atoms with E-state index in [2.05, 4.69) is 5.32 Å². The number of likely N-dealkylation sites (tertiary alicyclic amines) is 1. The van der Waals surface area contributed by atoms with Crippen molar-refractivity contribution < 1.29 is 19.2 Å². The molecule has 0 bridgehead atoms. The average Bonchev–Trinajstić information content (AvgIpc) is 2.91. The molecule has 0 aromatic rings. The van der Waals surface area contributed by atoms with Gasteiger partial charge in [-0.2, -0.15) is 0 Å². The second kappa shape index (κ2) is 9.30. The summed E-state index contributed by atoms with van der Waals surface area (Å²) in [4.78, 5) is 47.2. The summed E-state index contributed by atoms with van der Waals surface area (Å²) in [5.74, 6) is -1.32. The molecule has 1 aliphatic heterocycles. The van der Waals surface area contributed by atoms with Crippen LogP contribution in [0.25, 0.3) is 0 Å². The first kappa shape index (κ1) is 18.3. The van der Waals surface area contributed by atoms with Crippen LogP contribution in [0.2, 0.25) is 0 Å². The van der Waals surface area contributed by atoms with Crippen molar-refractivity contribution in [2.24, 2.45) is 5.73 Å². The van der Waals surface area contributed by atoms with Gasteiger partial charge in [0.05, 0.1) is 6.04 Å². The van der Waals surface area contributed by atoms with Gasteiger partial charge in [-0.05, 0) is 45.7 Å². The summed E-state index contributed by atoms with van der Waals surface area (Å²) in [5, 5.41) is 2.51. The molecule has 0 spiro atoms. The number of hydrogen-bond acceptors (Lipinski definition) is 5. The van der Waals surface area contributed by atoms with Crippen LogP contribution in [0.4, 0.5) is 0 Å². The van der Waals surface area contributed by atoms with Crippen LogP contribution < -0.4 is 11.1 Å². The highest BCUT2D eigenvalue weighted by molar-refractivity contribution is 6.36. The summed E-state index contributed by atoms with van der Waals surface area (Å²) >= 11 is 0. The van der Waals surface area contributed by atoms with Crippen LogP contribution in [0, 0.1) is 0 Å². The standard InChI is InChI=1S/C15H25N3O4/c1-11(19)5-2-8-17-15(22)13(20)7-4-10-18-9-3-6-12(18)14(16)21/h12H,2-10H2,1H3,(H2,16,21)(H,17,22)/t12-/m0/s1. The number of hydrogen-bond donors (Lipinski definition) is 2. The maximum atomic E-state index is 11.7. The Bertz CT molecular complexity index is 437. The van der Waals surface area contributed by atoms with E-state index in [0.29, 0.717) is 32.4 Å². The number of amides is 2. The van der Waals surface area contributed by atoms with E-state index in [1.165, 1.54) is 6.92 Å². The number of carbonyl (C=O) groups is 4. The Labute approximate surface area is 130 Å². The molecule has 1 fully saturated rings. The molecule has 0 aliphatic carbocycles. The topological polar surface area (TPSA) is 110 Å². The van der Waals surface area contributed by atoms with Gasteiger partial charge in [-0.1, -0.05) is 0 Å². The number of nitrogens with one attached hydrogen (secondary N) is 1. The van der Waals surface area contributed by atoms with Crippen molar-refractivity contribution in [1.29, 1.82) is 0 Å². The first-order valence-electron chi connectivity index (χ1n) is 7.75. The third-order valence-electron chi connectivity index (χ3n) is 3.79. The zero-order chi connectivity index (χ0) is 16.5. The summed E-state index contributed by atoms with van der Waals surface area (Å²) in [6.45, 7) is 3.22. The number of nitrogens with zero attached hydrogens (tertiary/aromatic N) is 1. The SMILES string of the molecule is CC(=O)CCCNC(=O)C(=O)CCCN1CCC[C@H]1C(N)=O. The molecule has 2 amide bonds. The van der Waals surface area contributed by atoms with Crippen LogP contribution in [0.5, 0.6) is 0 Å². The molecule has 0 radical (unpaired) electrons. The third kappa shape index (κ3) is 6.34. The van der Waals surface area contributed by atoms with Crippen molar-refractivity contribution in [3.05, 3.63) is 0 Å². The Kier molecular flexibility index (Phi) is 7.73. The maximum absolute atomic E-state index is 11.7. The van der Waals surface area contributed by atoms with Crippen LogP contribution in [0.3, 0.4) is 0 Å². The van der Waals surface area contributed by atoms with Crippen LogP contribution in [-0.2, 0) is 19.2 Å². The first-order valence-corrected chi connectivity index (χ1v) is 7.75. The van der Waals surface area contributed by atoms with E-state index in [0.717, 1.165) is 19.4 Å². The predicted molar refractivity (Wildman–Crippen MR) is 81.0 cm³/mol. The summed E-state index contributed by atoms with van der Waals surface area (Å²) in [5.41, 5.74) is 5.32. The zero-order valence-corrected chi connectivity index (χ0v) is 13.1. The Morgan fingerprint density at radius 2 is 1.91 bits per heavy atom. The normalized spacial score (nSPS) is 18.1. The highest BCUT2D eigenvalue weighted by Gasteiger charge is 2.28. The number of carbonyl (C=O) groups excluding carboxylic acids is 4. The van der Waals surface area contributed by atoms with Gasteiger partial charge < -0.3 is 15.8 Å². The Morgan fingerprint density at radius 3 is 2.55 bits per heavy atom. The summed E-state index contributed by atoms with van der Waals surface area (Å²) in [7, 11) is 0. The monoisotopic (exact) mass is 311 g/mol. The lowest BCUT2D eigenvalue weighted by Crippen LogP contribution is -2.41. The van der Waals surface area contributed by atoms with E-state index < -0.39 is 11.7 Å². The van der Waals surface area contributed by atoms with Crippen LogP contribution in [0.15, 0.2) is 0 Å². The van der Waals surface area contributed by atoms with Crippen molar-refractivity contribution in [3.63, 3.8) is 0 Å².